The van der Waals surface area contributed by atoms with Crippen molar-refractivity contribution in [3.8, 4) is 0 Å². The van der Waals surface area contributed by atoms with Gasteiger partial charge in [-0.1, -0.05) is 0 Å². The Morgan fingerprint density at radius 2 is 1.44 bits per heavy atom. The van der Waals surface area contributed by atoms with Crippen LogP contribution in [0.3, 0.4) is 0 Å². The van der Waals surface area contributed by atoms with Gasteiger partial charge in [0.2, 0.25) is 0 Å². The minimum absolute atomic E-state index is 0.0155. The van der Waals surface area contributed by atoms with Crippen molar-refractivity contribution >= 4 is 17.7 Å². The molecule has 0 rings (SSSR count). The highest BCUT2D eigenvalue weighted by molar-refractivity contribution is 5.83. The number of ketones is 1. The van der Waals surface area contributed by atoms with Gasteiger partial charge in [0.25, 0.3) is 0 Å². The molecule has 7 N–H and O–H groups in total. The number of carbonyl (C=O) groups is 3. The number of hydrogen-bond donors (Lipinski definition) is 5. The lowest BCUT2D eigenvalue weighted by atomic mass is 10.2. The number of carbonyl (C=O) groups excluding carboxylic acids is 1. The van der Waals surface area contributed by atoms with Crippen molar-refractivity contribution in [1.29, 1.82) is 0 Å². The van der Waals surface area contributed by atoms with Crippen LogP contribution in [0.15, 0.2) is 0 Å². The molecule has 0 aliphatic carbocycles. The monoisotopic (exact) mass is 264 g/mol. The van der Waals surface area contributed by atoms with E-state index in [4.69, 9.17) is 26.8 Å². The van der Waals surface area contributed by atoms with Crippen molar-refractivity contribution < 1.29 is 29.7 Å². The minimum atomic E-state index is -0.961. The summed E-state index contributed by atoms with van der Waals surface area (Å²) in [5.74, 6) is -2.07. The van der Waals surface area contributed by atoms with E-state index in [1.165, 1.54) is 0 Å². The minimum Gasteiger partial charge on any atom is -0.481 e. The Labute approximate surface area is 105 Å². The molecule has 106 valence electrons. The lowest BCUT2D eigenvalue weighted by molar-refractivity contribution is -0.138. The molecule has 18 heavy (non-hydrogen) atoms. The lowest BCUT2D eigenvalue weighted by Gasteiger charge is -2.02. The third kappa shape index (κ3) is 16.9. The second kappa shape index (κ2) is 12.0. The van der Waals surface area contributed by atoms with Gasteiger partial charge in [-0.3, -0.25) is 14.4 Å². The van der Waals surface area contributed by atoms with Crippen molar-refractivity contribution in [3.05, 3.63) is 0 Å². The summed E-state index contributed by atoms with van der Waals surface area (Å²) in [7, 11) is 0. The topological polar surface area (TPSA) is 164 Å². The predicted molar refractivity (Wildman–Crippen MR) is 62.9 cm³/mol. The average Bonchev–Trinajstić information content (AvgIpc) is 2.33. The molecule has 0 aliphatic heterocycles. The van der Waals surface area contributed by atoms with Crippen LogP contribution >= 0.6 is 0 Å². The molecular weight excluding hydrogens is 244 g/mol. The number of rotatable bonds is 8. The van der Waals surface area contributed by atoms with Gasteiger partial charge < -0.3 is 26.8 Å². The Hall–Kier alpha value is -1.51. The highest BCUT2D eigenvalue weighted by Gasteiger charge is 2.03. The molecule has 0 aromatic rings. The Morgan fingerprint density at radius 1 is 0.944 bits per heavy atom. The first kappa shape index (κ1) is 18.8. The second-order valence-corrected chi connectivity index (χ2v) is 3.46. The zero-order chi connectivity index (χ0) is 14.6. The molecule has 0 bridgehead atoms. The molecule has 0 aliphatic rings. The molecule has 0 amide bonds. The largest absolute Gasteiger partial charge is 0.481 e. The first-order chi connectivity index (χ1) is 8.33. The molecule has 0 radical (unpaired) electrons. The van der Waals surface area contributed by atoms with E-state index in [2.05, 4.69) is 0 Å². The average molecular weight is 264 g/mol. The molecule has 0 saturated heterocycles. The van der Waals surface area contributed by atoms with E-state index in [1.54, 1.807) is 0 Å². The van der Waals surface area contributed by atoms with Crippen molar-refractivity contribution in [1.82, 2.24) is 0 Å². The fourth-order valence-electron chi connectivity index (χ4n) is 0.756. The SMILES string of the molecule is NCC(=O)CCC(=O)O.NCC(O)CCC(=O)O. The Kier molecular flexibility index (Phi) is 12.5. The third-order valence-electron chi connectivity index (χ3n) is 1.81. The first-order valence-corrected chi connectivity index (χ1v) is 5.36. The third-order valence-corrected chi connectivity index (χ3v) is 1.81. The summed E-state index contributed by atoms with van der Waals surface area (Å²) >= 11 is 0. The fraction of sp³-hybridized carbons (Fsp3) is 0.700. The van der Waals surface area contributed by atoms with Crippen LogP contribution in [0.2, 0.25) is 0 Å². The number of aliphatic hydroxyl groups excluding tert-OH is 1. The van der Waals surface area contributed by atoms with Crippen molar-refractivity contribution in [2.24, 2.45) is 11.5 Å². The molecule has 1 unspecified atom stereocenters. The van der Waals surface area contributed by atoms with Crippen LogP contribution in [-0.4, -0.2) is 52.2 Å². The molecular formula is C10H20N2O6. The molecule has 0 saturated carbocycles. The van der Waals surface area contributed by atoms with Crippen molar-refractivity contribution in [2.45, 2.75) is 31.8 Å². The van der Waals surface area contributed by atoms with Gasteiger partial charge in [0.15, 0.2) is 0 Å². The van der Waals surface area contributed by atoms with Gasteiger partial charge in [-0.05, 0) is 6.42 Å². The lowest BCUT2D eigenvalue weighted by Crippen LogP contribution is -2.20. The van der Waals surface area contributed by atoms with Crippen LogP contribution in [0.1, 0.15) is 25.7 Å². The molecule has 1 atom stereocenters. The standard InChI is InChI=1S/C5H11NO3.C5H9NO3/c2*6-3-4(7)1-2-5(8)9/h4,7H,1-3,6H2,(H,8,9);1-3,6H2,(H,8,9). The maximum atomic E-state index is 10.3. The van der Waals surface area contributed by atoms with E-state index < -0.39 is 18.0 Å². The normalized spacial score (nSPS) is 11.1. The predicted octanol–water partition coefficient (Wildman–Crippen LogP) is -1.45. The zero-order valence-electron chi connectivity index (χ0n) is 10.0. The van der Waals surface area contributed by atoms with Crippen LogP contribution in [-0.2, 0) is 14.4 Å². The summed E-state index contributed by atoms with van der Waals surface area (Å²) in [5, 5.41) is 24.9. The van der Waals surface area contributed by atoms with E-state index >= 15 is 0 Å². The number of aliphatic carboxylic acids is 2. The van der Waals surface area contributed by atoms with Crippen LogP contribution < -0.4 is 11.5 Å². The van der Waals surface area contributed by atoms with Crippen LogP contribution in [0.25, 0.3) is 0 Å². The smallest absolute Gasteiger partial charge is 0.303 e. The van der Waals surface area contributed by atoms with Gasteiger partial charge in [-0.2, -0.15) is 0 Å². The molecule has 0 fully saturated rings. The van der Waals surface area contributed by atoms with Gasteiger partial charge in [0.1, 0.15) is 5.78 Å². The number of nitrogens with two attached hydrogens (primary N) is 2. The summed E-state index contributed by atoms with van der Waals surface area (Å²) in [4.78, 5) is 30.0. The van der Waals surface area contributed by atoms with Gasteiger partial charge in [-0.25, -0.2) is 0 Å². The number of hydrogen-bond acceptors (Lipinski definition) is 6. The van der Waals surface area contributed by atoms with Crippen LogP contribution in [0.4, 0.5) is 0 Å². The van der Waals surface area contributed by atoms with Crippen LogP contribution in [0.5, 0.6) is 0 Å². The van der Waals surface area contributed by atoms with E-state index in [1.807, 2.05) is 0 Å². The second-order valence-electron chi connectivity index (χ2n) is 3.46. The molecule has 0 spiro atoms. The molecule has 8 heteroatoms. The summed E-state index contributed by atoms with van der Waals surface area (Å²) in [6.07, 6.45) is -0.507. The van der Waals surface area contributed by atoms with E-state index in [0.717, 1.165) is 0 Å². The summed E-state index contributed by atoms with van der Waals surface area (Å²) < 4.78 is 0. The summed E-state index contributed by atoms with van der Waals surface area (Å²) in [5.41, 5.74) is 9.93. The van der Waals surface area contributed by atoms with Gasteiger partial charge in [-0.15, -0.1) is 0 Å². The van der Waals surface area contributed by atoms with Gasteiger partial charge >= 0.3 is 11.9 Å². The first-order valence-electron chi connectivity index (χ1n) is 5.36. The molecule has 0 heterocycles. The maximum absolute atomic E-state index is 10.3. The Bertz CT molecular complexity index is 269. The number of carboxylic acid groups (broad SMARTS) is 2. The highest BCUT2D eigenvalue weighted by atomic mass is 16.4. The van der Waals surface area contributed by atoms with Crippen LogP contribution in [0, 0.1) is 0 Å². The van der Waals surface area contributed by atoms with Gasteiger partial charge in [0, 0.05) is 19.4 Å². The summed E-state index contributed by atoms with van der Waals surface area (Å²) in [6, 6.07) is 0. The van der Waals surface area contributed by atoms with Gasteiger partial charge in [0.05, 0.1) is 19.1 Å². The van der Waals surface area contributed by atoms with E-state index in [0.29, 0.717) is 0 Å². The van der Waals surface area contributed by atoms with E-state index in [9.17, 15) is 14.4 Å². The van der Waals surface area contributed by atoms with Crippen molar-refractivity contribution in [3.63, 3.8) is 0 Å². The quantitative estimate of drug-likeness (QED) is 0.355. The zero-order valence-corrected chi connectivity index (χ0v) is 10.0. The fourth-order valence-corrected chi connectivity index (χ4v) is 0.756. The maximum Gasteiger partial charge on any atom is 0.303 e. The molecule has 8 nitrogen and oxygen atoms in total. The number of aliphatic hydroxyl groups is 1. The van der Waals surface area contributed by atoms with Crippen molar-refractivity contribution in [2.75, 3.05) is 13.1 Å². The highest BCUT2D eigenvalue weighted by Crippen LogP contribution is 1.93. The number of carboxylic acids is 2. The molecule has 0 aromatic heterocycles. The van der Waals surface area contributed by atoms with E-state index in [-0.39, 0.29) is 44.6 Å². The molecule has 0 aromatic carbocycles. The summed E-state index contributed by atoms with van der Waals surface area (Å²) in [6.45, 7) is 0.0700. The Morgan fingerprint density at radius 3 is 1.78 bits per heavy atom. The Balaban J connectivity index is 0. The number of Topliss-reactive ketones (excluding diaryl/α,β-unsaturated/α-hetero) is 1.